The zero-order chi connectivity index (χ0) is 11.9. The van der Waals surface area contributed by atoms with E-state index in [1.807, 2.05) is 30.3 Å². The fraction of sp³-hybridized carbons (Fsp3) is 0.182. The monoisotopic (exact) mass is 248 g/mol. The number of H-pyrrole nitrogens is 1. The molecule has 0 saturated heterocycles. The average Bonchev–Trinajstić information content (AvgIpc) is 2.88. The number of nitrogens with zero attached hydrogens (tertiary/aromatic N) is 2. The van der Waals surface area contributed by atoms with Gasteiger partial charge in [-0.2, -0.15) is 5.10 Å². The molecule has 0 unspecified atom stereocenters. The number of benzene rings is 1. The third kappa shape index (κ3) is 3.92. The maximum absolute atomic E-state index is 11.5. The second kappa shape index (κ2) is 6.05. The van der Waals surface area contributed by atoms with E-state index in [1.165, 1.54) is 18.1 Å². The van der Waals surface area contributed by atoms with Crippen LogP contribution in [0.1, 0.15) is 5.82 Å². The summed E-state index contributed by atoms with van der Waals surface area (Å²) in [6, 6.07) is 9.82. The van der Waals surface area contributed by atoms with E-state index >= 15 is 0 Å². The summed E-state index contributed by atoms with van der Waals surface area (Å²) in [6.07, 6.45) is 1.42. The van der Waals surface area contributed by atoms with Gasteiger partial charge in [0.05, 0.1) is 12.3 Å². The van der Waals surface area contributed by atoms with Gasteiger partial charge in [0, 0.05) is 4.90 Å². The van der Waals surface area contributed by atoms with Gasteiger partial charge in [0.2, 0.25) is 5.91 Å². The maximum Gasteiger partial charge on any atom is 0.230 e. The molecule has 6 heteroatoms. The number of aromatic amines is 1. The Kier molecular flexibility index (Phi) is 4.15. The fourth-order valence-corrected chi connectivity index (χ4v) is 1.96. The highest BCUT2D eigenvalue weighted by Gasteiger charge is 2.03. The largest absolute Gasteiger partial charge is 0.348 e. The van der Waals surface area contributed by atoms with Gasteiger partial charge in [0.25, 0.3) is 0 Å². The smallest absolute Gasteiger partial charge is 0.230 e. The van der Waals surface area contributed by atoms with Crippen LogP contribution in [0, 0.1) is 0 Å². The van der Waals surface area contributed by atoms with Crippen LogP contribution in [0.15, 0.2) is 41.6 Å². The molecule has 1 amide bonds. The summed E-state index contributed by atoms with van der Waals surface area (Å²) in [4.78, 5) is 16.5. The first kappa shape index (κ1) is 11.7. The van der Waals surface area contributed by atoms with E-state index in [-0.39, 0.29) is 5.91 Å². The van der Waals surface area contributed by atoms with E-state index < -0.39 is 0 Å². The van der Waals surface area contributed by atoms with Crippen LogP contribution in [0.2, 0.25) is 0 Å². The Morgan fingerprint density at radius 2 is 2.18 bits per heavy atom. The first-order valence-corrected chi connectivity index (χ1v) is 6.12. The Morgan fingerprint density at radius 3 is 2.88 bits per heavy atom. The zero-order valence-corrected chi connectivity index (χ0v) is 9.91. The fourth-order valence-electron chi connectivity index (χ4n) is 1.21. The SMILES string of the molecule is O=C(CSc1ccccc1)NCc1ncn[nH]1. The molecule has 0 fully saturated rings. The third-order valence-electron chi connectivity index (χ3n) is 2.03. The molecule has 0 radical (unpaired) electrons. The van der Waals surface area contributed by atoms with Crippen molar-refractivity contribution < 1.29 is 4.79 Å². The van der Waals surface area contributed by atoms with Crippen molar-refractivity contribution in [3.05, 3.63) is 42.5 Å². The van der Waals surface area contributed by atoms with Crippen molar-refractivity contribution >= 4 is 17.7 Å². The number of thioether (sulfide) groups is 1. The summed E-state index contributed by atoms with van der Waals surface area (Å²) < 4.78 is 0. The summed E-state index contributed by atoms with van der Waals surface area (Å²) in [5, 5.41) is 9.15. The van der Waals surface area contributed by atoms with Crippen molar-refractivity contribution in [1.29, 1.82) is 0 Å². The minimum atomic E-state index is -0.0183. The van der Waals surface area contributed by atoms with Crippen LogP contribution < -0.4 is 5.32 Å². The average molecular weight is 248 g/mol. The van der Waals surface area contributed by atoms with E-state index in [0.29, 0.717) is 18.1 Å². The third-order valence-corrected chi connectivity index (χ3v) is 3.04. The topological polar surface area (TPSA) is 70.7 Å². The second-order valence-corrected chi connectivity index (χ2v) is 4.36. The molecule has 2 N–H and O–H groups in total. The summed E-state index contributed by atoms with van der Waals surface area (Å²) in [5.41, 5.74) is 0. The molecule has 5 nitrogen and oxygen atoms in total. The van der Waals surface area contributed by atoms with Gasteiger partial charge in [-0.05, 0) is 12.1 Å². The molecule has 1 heterocycles. The van der Waals surface area contributed by atoms with Crippen molar-refractivity contribution in [3.8, 4) is 0 Å². The normalized spacial score (nSPS) is 10.1. The van der Waals surface area contributed by atoms with Crippen molar-refractivity contribution in [2.24, 2.45) is 0 Å². The molecule has 0 atom stereocenters. The van der Waals surface area contributed by atoms with Crippen molar-refractivity contribution in [2.45, 2.75) is 11.4 Å². The number of rotatable bonds is 5. The molecule has 0 spiro atoms. The minimum Gasteiger partial charge on any atom is -0.348 e. The Labute approximate surface area is 103 Å². The number of amides is 1. The first-order chi connectivity index (χ1) is 8.34. The van der Waals surface area contributed by atoms with Crippen LogP contribution in [-0.4, -0.2) is 26.8 Å². The lowest BCUT2D eigenvalue weighted by Gasteiger charge is -2.02. The van der Waals surface area contributed by atoms with E-state index in [0.717, 1.165) is 4.90 Å². The molecule has 0 aliphatic heterocycles. The summed E-state index contributed by atoms with van der Waals surface area (Å²) in [5.74, 6) is 1.04. The predicted molar refractivity (Wildman–Crippen MR) is 65.4 cm³/mol. The first-order valence-electron chi connectivity index (χ1n) is 5.13. The van der Waals surface area contributed by atoms with E-state index in [4.69, 9.17) is 0 Å². The van der Waals surface area contributed by atoms with Crippen molar-refractivity contribution in [2.75, 3.05) is 5.75 Å². The van der Waals surface area contributed by atoms with E-state index in [2.05, 4.69) is 20.5 Å². The lowest BCUT2D eigenvalue weighted by Crippen LogP contribution is -2.25. The molecule has 1 aromatic carbocycles. The maximum atomic E-state index is 11.5. The highest BCUT2D eigenvalue weighted by atomic mass is 32.2. The van der Waals surface area contributed by atoms with Gasteiger partial charge in [-0.25, -0.2) is 4.98 Å². The van der Waals surface area contributed by atoms with E-state index in [9.17, 15) is 4.79 Å². The number of hydrogen-bond acceptors (Lipinski definition) is 4. The molecule has 2 aromatic rings. The number of nitrogens with one attached hydrogen (secondary N) is 2. The van der Waals surface area contributed by atoms with Gasteiger partial charge in [0.1, 0.15) is 12.2 Å². The molecule has 88 valence electrons. The van der Waals surface area contributed by atoms with Crippen LogP contribution >= 0.6 is 11.8 Å². The summed E-state index contributed by atoms with van der Waals surface area (Å²) >= 11 is 1.51. The van der Waals surface area contributed by atoms with Crippen LogP contribution in [0.5, 0.6) is 0 Å². The van der Waals surface area contributed by atoms with Crippen molar-refractivity contribution in [1.82, 2.24) is 20.5 Å². The van der Waals surface area contributed by atoms with Crippen LogP contribution in [-0.2, 0) is 11.3 Å². The molecule has 0 saturated carbocycles. The standard InChI is InChI=1S/C11H12N4OS/c16-11(12-6-10-13-8-14-15-10)7-17-9-4-2-1-3-5-9/h1-5,8H,6-7H2,(H,12,16)(H,13,14,15). The second-order valence-electron chi connectivity index (χ2n) is 3.31. The van der Waals surface area contributed by atoms with Crippen molar-refractivity contribution in [3.63, 3.8) is 0 Å². The molecule has 2 rings (SSSR count). The van der Waals surface area contributed by atoms with Gasteiger partial charge in [-0.3, -0.25) is 9.89 Å². The lowest BCUT2D eigenvalue weighted by molar-refractivity contribution is -0.118. The highest BCUT2D eigenvalue weighted by molar-refractivity contribution is 8.00. The molecular weight excluding hydrogens is 236 g/mol. The quantitative estimate of drug-likeness (QED) is 0.780. The van der Waals surface area contributed by atoms with Crippen LogP contribution in [0.3, 0.4) is 0 Å². The molecule has 1 aromatic heterocycles. The highest BCUT2D eigenvalue weighted by Crippen LogP contribution is 2.16. The minimum absolute atomic E-state index is 0.0183. The Balaban J connectivity index is 1.71. The van der Waals surface area contributed by atoms with Gasteiger partial charge < -0.3 is 5.32 Å². The van der Waals surface area contributed by atoms with Crippen LogP contribution in [0.4, 0.5) is 0 Å². The Morgan fingerprint density at radius 1 is 1.35 bits per heavy atom. The number of hydrogen-bond donors (Lipinski definition) is 2. The molecule has 0 aliphatic rings. The Hall–Kier alpha value is -1.82. The molecule has 0 bridgehead atoms. The lowest BCUT2D eigenvalue weighted by atomic mass is 10.4. The molecular formula is C11H12N4OS. The zero-order valence-electron chi connectivity index (χ0n) is 9.09. The van der Waals surface area contributed by atoms with Gasteiger partial charge in [-0.1, -0.05) is 18.2 Å². The molecule has 0 aliphatic carbocycles. The van der Waals surface area contributed by atoms with Gasteiger partial charge >= 0.3 is 0 Å². The van der Waals surface area contributed by atoms with E-state index in [1.54, 1.807) is 0 Å². The Bertz CT molecular complexity index is 458. The number of carbonyl (C=O) groups is 1. The summed E-state index contributed by atoms with van der Waals surface area (Å²) in [7, 11) is 0. The molecule has 17 heavy (non-hydrogen) atoms. The van der Waals surface area contributed by atoms with Gasteiger partial charge in [-0.15, -0.1) is 11.8 Å². The summed E-state index contributed by atoms with van der Waals surface area (Å²) in [6.45, 7) is 0.383. The number of aromatic nitrogens is 3. The van der Waals surface area contributed by atoms with Crippen LogP contribution in [0.25, 0.3) is 0 Å². The van der Waals surface area contributed by atoms with Gasteiger partial charge in [0.15, 0.2) is 0 Å². The predicted octanol–water partition coefficient (Wildman–Crippen LogP) is 1.21. The number of carbonyl (C=O) groups excluding carboxylic acids is 1.